The molecule has 0 saturated carbocycles. The molecule has 1 unspecified atom stereocenters. The smallest absolute Gasteiger partial charge is 0.303 e. The number of rotatable bonds is 4. The fourth-order valence-electron chi connectivity index (χ4n) is 2.15. The number of carboxylic acids is 1. The molecule has 15 heavy (non-hydrogen) atoms. The summed E-state index contributed by atoms with van der Waals surface area (Å²) in [5.74, 6) is -0.451. The fraction of sp³-hybridized carbons (Fsp3) is 0.900. The summed E-state index contributed by atoms with van der Waals surface area (Å²) >= 11 is 0. The third-order valence-electron chi connectivity index (χ3n) is 3.46. The highest BCUT2D eigenvalue weighted by Crippen LogP contribution is 2.39. The van der Waals surface area contributed by atoms with Gasteiger partial charge in [0.15, 0.2) is 9.84 Å². The average molecular weight is 234 g/mol. The molecular weight excluding hydrogens is 216 g/mol. The van der Waals surface area contributed by atoms with Crippen LogP contribution < -0.4 is 0 Å². The molecule has 88 valence electrons. The number of sulfone groups is 1. The zero-order chi connectivity index (χ0) is 11.7. The minimum Gasteiger partial charge on any atom is -0.481 e. The van der Waals surface area contributed by atoms with Crippen molar-refractivity contribution in [3.8, 4) is 0 Å². The Balaban J connectivity index is 2.55. The largest absolute Gasteiger partial charge is 0.481 e. The van der Waals surface area contributed by atoms with Crippen molar-refractivity contribution in [1.29, 1.82) is 0 Å². The molecular formula is C10H18O4S. The molecule has 0 spiro atoms. The molecule has 4 nitrogen and oxygen atoms in total. The number of carboxylic acid groups (broad SMARTS) is 1. The van der Waals surface area contributed by atoms with E-state index in [1.54, 1.807) is 13.8 Å². The highest BCUT2D eigenvalue weighted by molar-refractivity contribution is 7.93. The van der Waals surface area contributed by atoms with Gasteiger partial charge in [-0.1, -0.05) is 0 Å². The van der Waals surface area contributed by atoms with Crippen molar-refractivity contribution < 1.29 is 18.3 Å². The van der Waals surface area contributed by atoms with Crippen LogP contribution in [0.2, 0.25) is 0 Å². The van der Waals surface area contributed by atoms with Crippen LogP contribution in [0.4, 0.5) is 0 Å². The molecule has 5 heteroatoms. The van der Waals surface area contributed by atoms with Gasteiger partial charge in [-0.05, 0) is 39.0 Å². The first kappa shape index (κ1) is 12.5. The van der Waals surface area contributed by atoms with Gasteiger partial charge in [-0.2, -0.15) is 0 Å². The van der Waals surface area contributed by atoms with Crippen molar-refractivity contribution in [3.63, 3.8) is 0 Å². The summed E-state index contributed by atoms with van der Waals surface area (Å²) in [7, 11) is -2.97. The van der Waals surface area contributed by atoms with Gasteiger partial charge < -0.3 is 5.11 Å². The Morgan fingerprint density at radius 1 is 1.47 bits per heavy atom. The van der Waals surface area contributed by atoms with E-state index in [0.717, 1.165) is 0 Å². The van der Waals surface area contributed by atoms with E-state index in [0.29, 0.717) is 19.3 Å². The molecule has 1 saturated heterocycles. The zero-order valence-corrected chi connectivity index (χ0v) is 10.0. The number of hydrogen-bond donors (Lipinski definition) is 1. The first-order valence-corrected chi connectivity index (χ1v) is 6.86. The number of carbonyl (C=O) groups is 1. The van der Waals surface area contributed by atoms with Crippen molar-refractivity contribution in [1.82, 2.24) is 0 Å². The summed E-state index contributed by atoms with van der Waals surface area (Å²) in [4.78, 5) is 10.3. The van der Waals surface area contributed by atoms with Gasteiger partial charge in [0.2, 0.25) is 0 Å². The number of aliphatic carboxylic acids is 1. The second kappa shape index (κ2) is 4.12. The molecule has 1 rings (SSSR count). The average Bonchev–Trinajstić information content (AvgIpc) is 2.26. The van der Waals surface area contributed by atoms with Crippen LogP contribution in [-0.4, -0.2) is 30.0 Å². The molecule has 0 aromatic carbocycles. The Morgan fingerprint density at radius 3 is 2.47 bits per heavy atom. The van der Waals surface area contributed by atoms with E-state index in [1.807, 2.05) is 0 Å². The van der Waals surface area contributed by atoms with Crippen LogP contribution in [0.5, 0.6) is 0 Å². The van der Waals surface area contributed by atoms with Gasteiger partial charge in [-0.25, -0.2) is 8.42 Å². The van der Waals surface area contributed by atoms with Gasteiger partial charge in [-0.15, -0.1) is 0 Å². The lowest BCUT2D eigenvalue weighted by Crippen LogP contribution is -2.33. The summed E-state index contributed by atoms with van der Waals surface area (Å²) in [6.45, 7) is 3.50. The minimum atomic E-state index is -2.97. The Labute approximate surface area is 90.6 Å². The summed E-state index contributed by atoms with van der Waals surface area (Å²) in [6.07, 6.45) is 2.07. The van der Waals surface area contributed by atoms with Crippen molar-refractivity contribution in [2.24, 2.45) is 5.92 Å². The minimum absolute atomic E-state index is 0.113. The van der Waals surface area contributed by atoms with E-state index in [-0.39, 0.29) is 18.1 Å². The summed E-state index contributed by atoms with van der Waals surface area (Å²) < 4.78 is 22.7. The molecule has 0 radical (unpaired) electrons. The maximum atomic E-state index is 11.7. The first-order chi connectivity index (χ1) is 6.77. The maximum absolute atomic E-state index is 11.7. The Morgan fingerprint density at radius 2 is 2.07 bits per heavy atom. The van der Waals surface area contributed by atoms with Crippen LogP contribution in [0.1, 0.15) is 39.5 Å². The van der Waals surface area contributed by atoms with E-state index >= 15 is 0 Å². The van der Waals surface area contributed by atoms with Crippen LogP contribution in [0, 0.1) is 5.92 Å². The van der Waals surface area contributed by atoms with Crippen LogP contribution in [-0.2, 0) is 14.6 Å². The van der Waals surface area contributed by atoms with Crippen molar-refractivity contribution >= 4 is 15.8 Å². The topological polar surface area (TPSA) is 71.4 Å². The third-order valence-corrected chi connectivity index (χ3v) is 6.17. The fourth-order valence-corrected chi connectivity index (χ4v) is 4.02. The normalized spacial score (nSPS) is 27.7. The lowest BCUT2D eigenvalue weighted by atomic mass is 9.88. The van der Waals surface area contributed by atoms with Gasteiger partial charge in [-0.3, -0.25) is 4.79 Å². The van der Waals surface area contributed by atoms with Crippen LogP contribution in [0.15, 0.2) is 0 Å². The summed E-state index contributed by atoms with van der Waals surface area (Å²) in [6, 6.07) is 0. The molecule has 0 bridgehead atoms. The van der Waals surface area contributed by atoms with Gasteiger partial charge in [0.05, 0.1) is 10.5 Å². The van der Waals surface area contributed by atoms with Gasteiger partial charge in [0.25, 0.3) is 0 Å². The monoisotopic (exact) mass is 234 g/mol. The molecule has 1 aliphatic rings. The second-order valence-electron chi connectivity index (χ2n) is 4.69. The van der Waals surface area contributed by atoms with E-state index in [9.17, 15) is 13.2 Å². The predicted molar refractivity (Wildman–Crippen MR) is 57.5 cm³/mol. The third kappa shape index (κ3) is 2.51. The lowest BCUT2D eigenvalue weighted by Gasteiger charge is -2.25. The highest BCUT2D eigenvalue weighted by atomic mass is 32.2. The first-order valence-electron chi connectivity index (χ1n) is 5.21. The molecule has 1 fully saturated rings. The van der Waals surface area contributed by atoms with Gasteiger partial charge in [0.1, 0.15) is 0 Å². The van der Waals surface area contributed by atoms with Crippen LogP contribution in [0.3, 0.4) is 0 Å². The molecule has 0 aliphatic carbocycles. The Bertz CT molecular complexity index is 342. The SMILES string of the molecule is CC1(C)C(CCCC(=O)O)CCS1(=O)=O. The van der Waals surface area contributed by atoms with E-state index in [2.05, 4.69) is 0 Å². The second-order valence-corrected chi connectivity index (χ2v) is 7.38. The van der Waals surface area contributed by atoms with Crippen molar-refractivity contribution in [2.45, 2.75) is 44.3 Å². The molecule has 0 aromatic rings. The molecule has 0 aromatic heterocycles. The Hall–Kier alpha value is -0.580. The molecule has 1 heterocycles. The molecule has 1 N–H and O–H groups in total. The lowest BCUT2D eigenvalue weighted by molar-refractivity contribution is -0.137. The summed E-state index contributed by atoms with van der Waals surface area (Å²) in [5.41, 5.74) is 0. The van der Waals surface area contributed by atoms with Gasteiger partial charge >= 0.3 is 5.97 Å². The quantitative estimate of drug-likeness (QED) is 0.799. The standard InChI is InChI=1S/C10H18O4S/c1-10(2)8(4-3-5-9(11)12)6-7-15(10,13)14/h8H,3-7H2,1-2H3,(H,11,12). The Kier molecular flexibility index (Phi) is 3.43. The number of hydrogen-bond acceptors (Lipinski definition) is 3. The summed E-state index contributed by atoms with van der Waals surface area (Å²) in [5, 5.41) is 8.50. The van der Waals surface area contributed by atoms with Crippen LogP contribution in [0.25, 0.3) is 0 Å². The highest BCUT2D eigenvalue weighted by Gasteiger charge is 2.46. The van der Waals surface area contributed by atoms with Crippen LogP contribution >= 0.6 is 0 Å². The van der Waals surface area contributed by atoms with Gasteiger partial charge in [0, 0.05) is 6.42 Å². The predicted octanol–water partition coefficient (Wildman–Crippen LogP) is 1.45. The molecule has 1 aliphatic heterocycles. The van der Waals surface area contributed by atoms with E-state index in [1.165, 1.54) is 0 Å². The molecule has 0 amide bonds. The molecule has 1 atom stereocenters. The maximum Gasteiger partial charge on any atom is 0.303 e. The van der Waals surface area contributed by atoms with Crippen molar-refractivity contribution in [3.05, 3.63) is 0 Å². The van der Waals surface area contributed by atoms with E-state index in [4.69, 9.17) is 5.11 Å². The van der Waals surface area contributed by atoms with Crippen molar-refractivity contribution in [2.75, 3.05) is 5.75 Å². The van der Waals surface area contributed by atoms with E-state index < -0.39 is 20.6 Å². The zero-order valence-electron chi connectivity index (χ0n) is 9.19.